The Hall–Kier alpha value is -4.05. The Morgan fingerprint density at radius 3 is 2.40 bits per heavy atom. The number of imide groups is 1. The first-order chi connectivity index (χ1) is 16.8. The van der Waals surface area contributed by atoms with Gasteiger partial charge in [0.2, 0.25) is 0 Å². The number of hydrogen-bond acceptors (Lipinski definition) is 8. The first-order valence-electron chi connectivity index (χ1n) is 10.7. The molecule has 2 fully saturated rings. The third-order valence-corrected chi connectivity index (χ3v) is 6.78. The summed E-state index contributed by atoms with van der Waals surface area (Å²) in [6.45, 7) is 0. The normalized spacial score (nSPS) is 24.3. The van der Waals surface area contributed by atoms with Gasteiger partial charge < -0.3 is 9.47 Å². The maximum Gasteiger partial charge on any atom is 0.347 e. The van der Waals surface area contributed by atoms with Gasteiger partial charge in [-0.2, -0.15) is 10.1 Å². The third-order valence-electron chi connectivity index (χ3n) is 6.55. The first-order valence-corrected chi connectivity index (χ1v) is 11.1. The van der Waals surface area contributed by atoms with Crippen LogP contribution in [0.2, 0.25) is 5.02 Å². The Kier molecular flexibility index (Phi) is 5.60. The summed E-state index contributed by atoms with van der Waals surface area (Å²) in [5, 5.41) is 16.4. The van der Waals surface area contributed by atoms with Gasteiger partial charge in [-0.3, -0.25) is 19.7 Å². The fourth-order valence-electron chi connectivity index (χ4n) is 4.96. The molecule has 10 nitrogen and oxygen atoms in total. The average molecular weight is 496 g/mol. The molecule has 178 valence electrons. The smallest absolute Gasteiger partial charge is 0.347 e. The molecule has 0 N–H and O–H groups in total. The molecule has 0 unspecified atom stereocenters. The predicted molar refractivity (Wildman–Crippen MR) is 123 cm³/mol. The van der Waals surface area contributed by atoms with E-state index in [1.54, 1.807) is 6.07 Å². The van der Waals surface area contributed by atoms with E-state index in [-0.39, 0.29) is 45.2 Å². The number of methoxy groups -OCH3 is 1. The second-order valence-electron chi connectivity index (χ2n) is 8.45. The van der Waals surface area contributed by atoms with E-state index in [0.717, 1.165) is 29.8 Å². The number of allylic oxidation sites excluding steroid dienone is 2. The first kappa shape index (κ1) is 22.7. The maximum absolute atomic E-state index is 12.9. The average Bonchev–Trinajstić information content (AvgIpc) is 3.52. The molecule has 1 saturated heterocycles. The zero-order valence-electron chi connectivity index (χ0n) is 18.3. The van der Waals surface area contributed by atoms with Crippen LogP contribution in [0.3, 0.4) is 0 Å². The van der Waals surface area contributed by atoms with Gasteiger partial charge in [0.15, 0.2) is 0 Å². The second-order valence-corrected chi connectivity index (χ2v) is 8.88. The molecule has 35 heavy (non-hydrogen) atoms. The lowest BCUT2D eigenvalue weighted by Crippen LogP contribution is -2.28. The van der Waals surface area contributed by atoms with Gasteiger partial charge >= 0.3 is 5.97 Å². The van der Waals surface area contributed by atoms with Crippen LogP contribution in [0.5, 0.6) is 11.5 Å². The summed E-state index contributed by atoms with van der Waals surface area (Å²) >= 11 is 5.99. The van der Waals surface area contributed by atoms with E-state index in [9.17, 15) is 24.5 Å². The Bertz CT molecular complexity index is 1310. The molecule has 0 radical (unpaired) electrons. The minimum absolute atomic E-state index is 0.0173. The minimum Gasteiger partial charge on any atom is -0.496 e. The monoisotopic (exact) mass is 495 g/mol. The molecule has 2 amide bonds. The summed E-state index contributed by atoms with van der Waals surface area (Å²) in [4.78, 5) is 49.3. The second kappa shape index (κ2) is 8.62. The number of hydrogen-bond donors (Lipinski definition) is 0. The molecule has 3 aliphatic rings. The minimum atomic E-state index is -0.821. The number of nitro benzene ring substituents is 1. The summed E-state index contributed by atoms with van der Waals surface area (Å²) in [6, 6.07) is 7.95. The number of carbonyl (C=O) groups excluding carboxylic acids is 3. The highest BCUT2D eigenvalue weighted by Gasteiger charge is 2.59. The number of ether oxygens (including phenoxy) is 2. The van der Waals surface area contributed by atoms with E-state index in [2.05, 4.69) is 5.10 Å². The lowest BCUT2D eigenvalue weighted by atomic mass is 9.85. The Labute approximate surface area is 203 Å². The molecule has 2 bridgehead atoms. The summed E-state index contributed by atoms with van der Waals surface area (Å²) in [5.41, 5.74) is -0.209. The quantitative estimate of drug-likeness (QED) is 0.114. The van der Waals surface area contributed by atoms with Crippen LogP contribution in [-0.2, 0) is 9.59 Å². The standard InChI is InChI=1S/C24H18ClN3O7/c1-34-19-6-4-15(25)10-17(19)24(31)35-18-7-5-16(28(32)33)9-14(18)11-26-27-22(29)20-12-2-3-13(8-12)21(20)23(27)30/h2-7,9-13,20-21H,8H2,1H3/t12-,13-,20-,21+/m0/s1. The molecule has 0 aromatic heterocycles. The van der Waals surface area contributed by atoms with E-state index in [0.29, 0.717) is 0 Å². The van der Waals surface area contributed by atoms with Crippen LogP contribution in [0, 0.1) is 33.8 Å². The molecule has 4 atom stereocenters. The van der Waals surface area contributed by atoms with Crippen LogP contribution in [0.15, 0.2) is 53.7 Å². The predicted octanol–water partition coefficient (Wildman–Crippen LogP) is 3.62. The van der Waals surface area contributed by atoms with Crippen molar-refractivity contribution < 1.29 is 28.8 Å². The van der Waals surface area contributed by atoms with Crippen LogP contribution in [0.1, 0.15) is 22.3 Å². The highest BCUT2D eigenvalue weighted by Crippen LogP contribution is 2.52. The van der Waals surface area contributed by atoms with Crippen molar-refractivity contribution in [2.24, 2.45) is 28.8 Å². The van der Waals surface area contributed by atoms with E-state index in [1.807, 2.05) is 12.2 Å². The Morgan fingerprint density at radius 2 is 1.77 bits per heavy atom. The Morgan fingerprint density at radius 1 is 1.11 bits per heavy atom. The van der Waals surface area contributed by atoms with Crippen LogP contribution in [0.4, 0.5) is 5.69 Å². The van der Waals surface area contributed by atoms with Crippen LogP contribution >= 0.6 is 11.6 Å². The number of nitrogens with zero attached hydrogens (tertiary/aromatic N) is 3. The molecule has 1 saturated carbocycles. The lowest BCUT2D eigenvalue weighted by Gasteiger charge is -2.13. The SMILES string of the molecule is COc1ccc(Cl)cc1C(=O)Oc1ccc([N+](=O)[O-])cc1C=NN1C(=O)[C@@H]2[C@H](C1=O)[C@H]1C=C[C@H]2C1. The van der Waals surface area contributed by atoms with E-state index < -0.39 is 34.5 Å². The van der Waals surface area contributed by atoms with Crippen molar-refractivity contribution in [3.05, 3.63) is 74.8 Å². The van der Waals surface area contributed by atoms with Gasteiger partial charge in [-0.25, -0.2) is 4.79 Å². The van der Waals surface area contributed by atoms with E-state index in [1.165, 1.54) is 25.3 Å². The molecule has 2 aromatic carbocycles. The van der Waals surface area contributed by atoms with Gasteiger partial charge in [-0.15, -0.1) is 0 Å². The number of carbonyl (C=O) groups is 3. The number of halogens is 1. The van der Waals surface area contributed by atoms with Crippen molar-refractivity contribution >= 4 is 41.3 Å². The molecule has 0 spiro atoms. The molecule has 5 rings (SSSR count). The molecule has 1 aliphatic heterocycles. The van der Waals surface area contributed by atoms with Gasteiger partial charge in [-0.1, -0.05) is 23.8 Å². The number of hydrazone groups is 1. The number of fused-ring (bicyclic) bond motifs is 5. The van der Waals surface area contributed by atoms with Crippen molar-refractivity contribution in [1.29, 1.82) is 0 Å². The van der Waals surface area contributed by atoms with Crippen LogP contribution in [0.25, 0.3) is 0 Å². The Balaban J connectivity index is 1.45. The number of amides is 2. The third kappa shape index (κ3) is 3.85. The van der Waals surface area contributed by atoms with Crippen molar-refractivity contribution in [2.75, 3.05) is 7.11 Å². The largest absolute Gasteiger partial charge is 0.496 e. The van der Waals surface area contributed by atoms with E-state index in [4.69, 9.17) is 21.1 Å². The molecule has 11 heteroatoms. The van der Waals surface area contributed by atoms with E-state index >= 15 is 0 Å². The highest BCUT2D eigenvalue weighted by molar-refractivity contribution is 6.31. The topological polar surface area (TPSA) is 128 Å². The molecular weight excluding hydrogens is 478 g/mol. The number of benzene rings is 2. The number of nitro groups is 1. The highest BCUT2D eigenvalue weighted by atomic mass is 35.5. The molecule has 1 heterocycles. The molecule has 2 aromatic rings. The summed E-state index contributed by atoms with van der Waals surface area (Å²) in [6.07, 6.45) is 5.82. The zero-order valence-corrected chi connectivity index (χ0v) is 19.0. The van der Waals surface area contributed by atoms with Gasteiger partial charge in [0.05, 0.1) is 30.1 Å². The number of non-ortho nitro benzene ring substituents is 1. The van der Waals surface area contributed by atoms with Crippen molar-refractivity contribution in [3.8, 4) is 11.5 Å². The lowest BCUT2D eigenvalue weighted by molar-refractivity contribution is -0.384. The summed E-state index contributed by atoms with van der Waals surface area (Å²) in [7, 11) is 1.38. The van der Waals surface area contributed by atoms with Crippen LogP contribution in [-0.4, -0.2) is 41.0 Å². The van der Waals surface area contributed by atoms with Gasteiger partial charge in [0, 0.05) is 22.7 Å². The fourth-order valence-corrected chi connectivity index (χ4v) is 5.13. The van der Waals surface area contributed by atoms with Crippen molar-refractivity contribution in [2.45, 2.75) is 6.42 Å². The van der Waals surface area contributed by atoms with Crippen molar-refractivity contribution in [1.82, 2.24) is 5.01 Å². The van der Waals surface area contributed by atoms with Gasteiger partial charge in [0.25, 0.3) is 17.5 Å². The van der Waals surface area contributed by atoms with Crippen LogP contribution < -0.4 is 9.47 Å². The molecular formula is C24H18ClN3O7. The van der Waals surface area contributed by atoms with Gasteiger partial charge in [-0.05, 0) is 42.5 Å². The number of rotatable bonds is 6. The zero-order chi connectivity index (χ0) is 24.9. The number of esters is 1. The maximum atomic E-state index is 12.9. The summed E-state index contributed by atoms with van der Waals surface area (Å²) in [5.74, 6) is -2.31. The summed E-state index contributed by atoms with van der Waals surface area (Å²) < 4.78 is 10.6. The van der Waals surface area contributed by atoms with Gasteiger partial charge in [0.1, 0.15) is 17.1 Å². The fraction of sp³-hybridized carbons (Fsp3) is 0.250. The molecule has 2 aliphatic carbocycles. The van der Waals surface area contributed by atoms with Crippen molar-refractivity contribution in [3.63, 3.8) is 0 Å².